The highest BCUT2D eigenvalue weighted by atomic mass is 35.5. The molecule has 0 spiro atoms. The summed E-state index contributed by atoms with van der Waals surface area (Å²) in [6.45, 7) is 3.28. The van der Waals surface area contributed by atoms with E-state index in [9.17, 15) is 9.59 Å². The van der Waals surface area contributed by atoms with Gasteiger partial charge in [-0.15, -0.1) is 0 Å². The molecule has 0 unspecified atom stereocenters. The Kier molecular flexibility index (Phi) is 6.25. The molecular weight excluding hydrogens is 377 g/mol. The van der Waals surface area contributed by atoms with E-state index in [-0.39, 0.29) is 16.7 Å². The first-order valence-electron chi connectivity index (χ1n) is 7.44. The highest BCUT2D eigenvalue weighted by Crippen LogP contribution is 2.23. The van der Waals surface area contributed by atoms with E-state index in [2.05, 4.69) is 16.8 Å². The highest BCUT2D eigenvalue weighted by molar-refractivity contribution is 6.34. The van der Waals surface area contributed by atoms with Crippen LogP contribution in [-0.4, -0.2) is 31.1 Å². The summed E-state index contributed by atoms with van der Waals surface area (Å²) >= 11 is 12.0. The molecular formula is C19H15Cl2NO4. The monoisotopic (exact) mass is 391 g/mol. The second-order valence-corrected chi connectivity index (χ2v) is 6.17. The number of nitrogens with zero attached hydrogens (tertiary/aromatic N) is 1. The Morgan fingerprint density at radius 1 is 0.885 bits per heavy atom. The summed E-state index contributed by atoms with van der Waals surface area (Å²) in [6, 6.07) is 4.82. The summed E-state index contributed by atoms with van der Waals surface area (Å²) in [5, 5.41) is 0.843. The zero-order valence-corrected chi connectivity index (χ0v) is 16.1. The third kappa shape index (κ3) is 4.16. The van der Waals surface area contributed by atoms with Gasteiger partial charge in [0, 0.05) is 15.6 Å². The molecule has 0 atom stereocenters. The van der Waals surface area contributed by atoms with Crippen molar-refractivity contribution < 1.29 is 19.1 Å². The third-order valence-corrected chi connectivity index (χ3v) is 3.97. The number of benzene rings is 1. The van der Waals surface area contributed by atoms with E-state index in [0.717, 1.165) is 0 Å². The smallest absolute Gasteiger partial charge is 0.341 e. The predicted octanol–water partition coefficient (Wildman–Crippen LogP) is 3.98. The lowest BCUT2D eigenvalue weighted by Gasteiger charge is -2.12. The lowest BCUT2D eigenvalue weighted by atomic mass is 9.98. The van der Waals surface area contributed by atoms with Crippen LogP contribution >= 0.6 is 23.2 Å². The van der Waals surface area contributed by atoms with E-state index in [1.807, 2.05) is 0 Å². The molecule has 2 aromatic rings. The molecule has 0 radical (unpaired) electrons. The van der Waals surface area contributed by atoms with Crippen molar-refractivity contribution in [1.82, 2.24) is 4.98 Å². The average molecular weight is 392 g/mol. The topological polar surface area (TPSA) is 65.5 Å². The number of aromatic nitrogens is 1. The molecule has 0 aliphatic carbocycles. The summed E-state index contributed by atoms with van der Waals surface area (Å²) in [4.78, 5) is 28.7. The number of ether oxygens (including phenoxy) is 2. The first-order chi connectivity index (χ1) is 12.3. The summed E-state index contributed by atoms with van der Waals surface area (Å²) in [5.74, 6) is 4.44. The molecule has 0 saturated heterocycles. The molecule has 7 heteroatoms. The molecule has 1 aromatic heterocycles. The van der Waals surface area contributed by atoms with Crippen LogP contribution in [0.2, 0.25) is 10.0 Å². The lowest BCUT2D eigenvalue weighted by Crippen LogP contribution is -2.16. The number of halogens is 2. The average Bonchev–Trinajstić information content (AvgIpc) is 2.57. The van der Waals surface area contributed by atoms with Gasteiger partial charge >= 0.3 is 11.9 Å². The van der Waals surface area contributed by atoms with Gasteiger partial charge in [-0.3, -0.25) is 4.98 Å². The fraction of sp³-hybridized carbons (Fsp3) is 0.211. The molecule has 2 rings (SSSR count). The van der Waals surface area contributed by atoms with E-state index in [0.29, 0.717) is 27.0 Å². The summed E-state index contributed by atoms with van der Waals surface area (Å²) in [5.41, 5.74) is 1.73. The number of aryl methyl sites for hydroxylation is 2. The second-order valence-electron chi connectivity index (χ2n) is 5.30. The molecule has 1 aromatic carbocycles. The zero-order chi connectivity index (χ0) is 19.4. The quantitative estimate of drug-likeness (QED) is 0.572. The van der Waals surface area contributed by atoms with Crippen molar-refractivity contribution in [3.05, 3.63) is 61.9 Å². The van der Waals surface area contributed by atoms with Crippen LogP contribution < -0.4 is 0 Å². The fourth-order valence-corrected chi connectivity index (χ4v) is 2.97. The minimum Gasteiger partial charge on any atom is -0.465 e. The van der Waals surface area contributed by atoms with Crippen molar-refractivity contribution in [3.8, 4) is 11.8 Å². The van der Waals surface area contributed by atoms with Gasteiger partial charge in [0.2, 0.25) is 0 Å². The molecule has 0 bridgehead atoms. The summed E-state index contributed by atoms with van der Waals surface area (Å²) in [6.07, 6.45) is 0. The van der Waals surface area contributed by atoms with Gasteiger partial charge in [0.25, 0.3) is 0 Å². The van der Waals surface area contributed by atoms with Crippen molar-refractivity contribution >= 4 is 35.1 Å². The van der Waals surface area contributed by atoms with Crippen molar-refractivity contribution in [2.75, 3.05) is 14.2 Å². The van der Waals surface area contributed by atoms with E-state index >= 15 is 0 Å². The molecule has 0 aliphatic heterocycles. The molecule has 134 valence electrons. The minimum atomic E-state index is -0.645. The van der Waals surface area contributed by atoms with Crippen molar-refractivity contribution in [1.29, 1.82) is 0 Å². The number of methoxy groups -OCH3 is 2. The summed E-state index contributed by atoms with van der Waals surface area (Å²) < 4.78 is 9.63. The maximum absolute atomic E-state index is 12.2. The van der Waals surface area contributed by atoms with Gasteiger partial charge in [-0.05, 0) is 32.0 Å². The fourth-order valence-electron chi connectivity index (χ4n) is 2.44. The Morgan fingerprint density at radius 2 is 1.35 bits per heavy atom. The van der Waals surface area contributed by atoms with Gasteiger partial charge in [-0.1, -0.05) is 35.0 Å². The van der Waals surface area contributed by atoms with E-state index < -0.39 is 11.9 Å². The van der Waals surface area contributed by atoms with Crippen LogP contribution in [0, 0.1) is 25.7 Å². The molecule has 1 heterocycles. The van der Waals surface area contributed by atoms with Gasteiger partial charge < -0.3 is 9.47 Å². The molecule has 5 nitrogen and oxygen atoms in total. The van der Waals surface area contributed by atoms with Crippen molar-refractivity contribution in [2.45, 2.75) is 13.8 Å². The number of hydrogen-bond acceptors (Lipinski definition) is 5. The maximum Gasteiger partial charge on any atom is 0.341 e. The molecule has 0 amide bonds. The van der Waals surface area contributed by atoms with E-state index in [4.69, 9.17) is 32.7 Å². The van der Waals surface area contributed by atoms with Gasteiger partial charge in [0.05, 0.1) is 42.3 Å². The van der Waals surface area contributed by atoms with Crippen LogP contribution in [0.15, 0.2) is 18.2 Å². The third-order valence-electron chi connectivity index (χ3n) is 3.53. The maximum atomic E-state index is 12.2. The van der Waals surface area contributed by atoms with E-state index in [1.165, 1.54) is 14.2 Å². The largest absolute Gasteiger partial charge is 0.465 e. The number of carbonyl (C=O) groups excluding carboxylic acids is 2. The Hall–Kier alpha value is -2.55. The number of esters is 2. The molecule has 0 N–H and O–H groups in total. The SMILES string of the molecule is COC(=O)c1c(C)nc(C)c(C(=O)OC)c1C#Cc1cc(Cl)cc(Cl)c1. The van der Waals surface area contributed by atoms with E-state index in [1.54, 1.807) is 32.0 Å². The molecule has 26 heavy (non-hydrogen) atoms. The first kappa shape index (κ1) is 19.8. The Morgan fingerprint density at radius 3 is 1.77 bits per heavy atom. The number of hydrogen-bond donors (Lipinski definition) is 0. The van der Waals surface area contributed by atoms with Crippen LogP contribution in [0.25, 0.3) is 0 Å². The Labute approximate surface area is 161 Å². The normalized spacial score (nSPS) is 9.92. The molecule has 0 saturated carbocycles. The summed E-state index contributed by atoms with van der Waals surface area (Å²) in [7, 11) is 2.49. The predicted molar refractivity (Wildman–Crippen MR) is 98.8 cm³/mol. The minimum absolute atomic E-state index is 0.110. The van der Waals surface area contributed by atoms with Gasteiger partial charge in [-0.2, -0.15) is 0 Å². The van der Waals surface area contributed by atoms with Gasteiger partial charge in [-0.25, -0.2) is 9.59 Å². The van der Waals surface area contributed by atoms with Crippen LogP contribution in [0.5, 0.6) is 0 Å². The zero-order valence-electron chi connectivity index (χ0n) is 14.6. The first-order valence-corrected chi connectivity index (χ1v) is 8.20. The number of pyridine rings is 1. The highest BCUT2D eigenvalue weighted by Gasteiger charge is 2.25. The number of carbonyl (C=O) groups is 2. The second kappa shape index (κ2) is 8.22. The molecule has 0 fully saturated rings. The van der Waals surface area contributed by atoms with Crippen molar-refractivity contribution in [3.63, 3.8) is 0 Å². The van der Waals surface area contributed by atoms with Crippen LogP contribution in [-0.2, 0) is 9.47 Å². The number of rotatable bonds is 2. The van der Waals surface area contributed by atoms with Crippen LogP contribution in [0.1, 0.15) is 43.2 Å². The lowest BCUT2D eigenvalue weighted by molar-refractivity contribution is 0.0596. The Bertz CT molecular complexity index is 898. The van der Waals surface area contributed by atoms with Gasteiger partial charge in [0.15, 0.2) is 0 Å². The van der Waals surface area contributed by atoms with Crippen molar-refractivity contribution in [2.24, 2.45) is 0 Å². The van der Waals surface area contributed by atoms with Crippen LogP contribution in [0.4, 0.5) is 0 Å². The Balaban J connectivity index is 2.78. The van der Waals surface area contributed by atoms with Crippen LogP contribution in [0.3, 0.4) is 0 Å². The van der Waals surface area contributed by atoms with Gasteiger partial charge in [0.1, 0.15) is 0 Å². The standard InChI is InChI=1S/C19H15Cl2NO4/c1-10-16(18(23)25-3)15(17(11(2)22-10)19(24)26-4)6-5-12-7-13(20)9-14(21)8-12/h7-9H,1-4H3. The molecule has 0 aliphatic rings.